The van der Waals surface area contributed by atoms with Gasteiger partial charge in [0, 0.05) is 22.2 Å². The van der Waals surface area contributed by atoms with Crippen LogP contribution in [-0.2, 0) is 6.61 Å². The Morgan fingerprint density at radius 1 is 1.06 bits per heavy atom. The van der Waals surface area contributed by atoms with Crippen molar-refractivity contribution in [1.82, 2.24) is 4.98 Å². The number of nitrogens with one attached hydrogen (secondary N) is 1. The van der Waals surface area contributed by atoms with Gasteiger partial charge in [-0.15, -0.1) is 11.3 Å². The number of amides is 1. The molecular formula is C24H18F2N2O2S. The van der Waals surface area contributed by atoms with E-state index in [1.165, 1.54) is 11.3 Å². The SMILES string of the molecule is Cc1cccc(NC(=O)c2csc(-c3ccc(OCc4cc(F)ccc4F)cc3)n2)c1. The Balaban J connectivity index is 1.41. The van der Waals surface area contributed by atoms with Gasteiger partial charge in [-0.25, -0.2) is 13.8 Å². The topological polar surface area (TPSA) is 51.2 Å². The van der Waals surface area contributed by atoms with Crippen LogP contribution in [0.4, 0.5) is 14.5 Å². The lowest BCUT2D eigenvalue weighted by atomic mass is 10.2. The number of aromatic nitrogens is 1. The number of rotatable bonds is 6. The van der Waals surface area contributed by atoms with Crippen LogP contribution in [0.1, 0.15) is 21.6 Å². The van der Waals surface area contributed by atoms with Gasteiger partial charge in [-0.2, -0.15) is 0 Å². The van der Waals surface area contributed by atoms with Gasteiger partial charge in [-0.05, 0) is 67.1 Å². The predicted octanol–water partition coefficient (Wildman–Crippen LogP) is 6.23. The number of ether oxygens (including phenoxy) is 1. The number of hydrogen-bond acceptors (Lipinski definition) is 4. The third-order valence-electron chi connectivity index (χ3n) is 4.52. The summed E-state index contributed by atoms with van der Waals surface area (Å²) in [4.78, 5) is 16.9. The molecule has 4 nitrogen and oxygen atoms in total. The normalized spacial score (nSPS) is 10.7. The second-order valence-corrected chi connectivity index (χ2v) is 7.77. The second kappa shape index (κ2) is 9.06. The summed E-state index contributed by atoms with van der Waals surface area (Å²) in [5.41, 5.74) is 3.08. The van der Waals surface area contributed by atoms with Crippen molar-refractivity contribution >= 4 is 22.9 Å². The Labute approximate surface area is 182 Å². The van der Waals surface area contributed by atoms with Crippen molar-refractivity contribution in [3.8, 4) is 16.3 Å². The Hall–Kier alpha value is -3.58. The van der Waals surface area contributed by atoms with E-state index in [0.29, 0.717) is 16.5 Å². The summed E-state index contributed by atoms with van der Waals surface area (Å²) in [6, 6.07) is 17.9. The van der Waals surface area contributed by atoms with Gasteiger partial charge < -0.3 is 10.1 Å². The molecular weight excluding hydrogens is 418 g/mol. The minimum absolute atomic E-state index is 0.0799. The zero-order chi connectivity index (χ0) is 21.8. The molecule has 3 aromatic carbocycles. The fraction of sp³-hybridized carbons (Fsp3) is 0.0833. The number of halogens is 2. The lowest BCUT2D eigenvalue weighted by Gasteiger charge is -2.08. The van der Waals surface area contributed by atoms with Gasteiger partial charge in [-0.1, -0.05) is 12.1 Å². The average molecular weight is 436 g/mol. The maximum absolute atomic E-state index is 13.7. The molecule has 31 heavy (non-hydrogen) atoms. The lowest BCUT2D eigenvalue weighted by molar-refractivity contribution is 0.102. The van der Waals surface area contributed by atoms with E-state index in [1.54, 1.807) is 29.6 Å². The quantitative estimate of drug-likeness (QED) is 0.390. The minimum Gasteiger partial charge on any atom is -0.489 e. The number of anilines is 1. The van der Waals surface area contributed by atoms with Gasteiger partial charge in [0.05, 0.1) is 0 Å². The van der Waals surface area contributed by atoms with Crippen molar-refractivity contribution in [3.05, 3.63) is 101 Å². The highest BCUT2D eigenvalue weighted by molar-refractivity contribution is 7.13. The van der Waals surface area contributed by atoms with Crippen molar-refractivity contribution in [3.63, 3.8) is 0 Å². The minimum atomic E-state index is -0.516. The largest absolute Gasteiger partial charge is 0.489 e. The van der Waals surface area contributed by atoms with Gasteiger partial charge >= 0.3 is 0 Å². The van der Waals surface area contributed by atoms with E-state index in [-0.39, 0.29) is 18.1 Å². The molecule has 0 aliphatic heterocycles. The van der Waals surface area contributed by atoms with Crippen molar-refractivity contribution in [2.45, 2.75) is 13.5 Å². The molecule has 4 aromatic rings. The predicted molar refractivity (Wildman–Crippen MR) is 117 cm³/mol. The monoisotopic (exact) mass is 436 g/mol. The molecule has 0 spiro atoms. The zero-order valence-corrected chi connectivity index (χ0v) is 17.4. The molecule has 0 saturated heterocycles. The fourth-order valence-corrected chi connectivity index (χ4v) is 3.74. The van der Waals surface area contributed by atoms with Crippen LogP contribution < -0.4 is 10.1 Å². The number of aryl methyl sites for hydroxylation is 1. The molecule has 1 aromatic heterocycles. The Bertz CT molecular complexity index is 1220. The first-order valence-electron chi connectivity index (χ1n) is 9.48. The molecule has 7 heteroatoms. The van der Waals surface area contributed by atoms with E-state index in [2.05, 4.69) is 10.3 Å². The number of benzene rings is 3. The van der Waals surface area contributed by atoms with E-state index in [0.717, 1.165) is 35.0 Å². The zero-order valence-electron chi connectivity index (χ0n) is 16.6. The highest BCUT2D eigenvalue weighted by Crippen LogP contribution is 2.27. The number of carbonyl (C=O) groups excluding carboxylic acids is 1. The molecule has 0 fully saturated rings. The van der Waals surface area contributed by atoms with Crippen LogP contribution in [0, 0.1) is 18.6 Å². The van der Waals surface area contributed by atoms with Crippen LogP contribution in [0.15, 0.2) is 72.1 Å². The highest BCUT2D eigenvalue weighted by atomic mass is 32.1. The summed E-state index contributed by atoms with van der Waals surface area (Å²) in [6.07, 6.45) is 0. The van der Waals surface area contributed by atoms with Crippen LogP contribution in [0.3, 0.4) is 0 Å². The van der Waals surface area contributed by atoms with Crippen molar-refractivity contribution in [1.29, 1.82) is 0 Å². The Morgan fingerprint density at radius 3 is 2.65 bits per heavy atom. The van der Waals surface area contributed by atoms with Gasteiger partial charge in [-0.3, -0.25) is 4.79 Å². The number of nitrogens with zero attached hydrogens (tertiary/aromatic N) is 1. The molecule has 0 aliphatic carbocycles. The Morgan fingerprint density at radius 2 is 1.87 bits per heavy atom. The molecule has 1 N–H and O–H groups in total. The molecule has 1 heterocycles. The van der Waals surface area contributed by atoms with Gasteiger partial charge in [0.25, 0.3) is 5.91 Å². The summed E-state index contributed by atoms with van der Waals surface area (Å²) in [5.74, 6) is -0.787. The number of thiazole rings is 1. The maximum atomic E-state index is 13.7. The molecule has 0 saturated carbocycles. The summed E-state index contributed by atoms with van der Waals surface area (Å²) in [7, 11) is 0. The third kappa shape index (κ3) is 5.13. The van der Waals surface area contributed by atoms with Gasteiger partial charge in [0.15, 0.2) is 0 Å². The lowest BCUT2D eigenvalue weighted by Crippen LogP contribution is -2.12. The molecule has 4 rings (SSSR count). The number of hydrogen-bond donors (Lipinski definition) is 1. The summed E-state index contributed by atoms with van der Waals surface area (Å²) < 4.78 is 32.5. The molecule has 0 aliphatic rings. The first-order chi connectivity index (χ1) is 15.0. The van der Waals surface area contributed by atoms with Crippen molar-refractivity contribution in [2.24, 2.45) is 0 Å². The van der Waals surface area contributed by atoms with E-state index in [4.69, 9.17) is 4.74 Å². The average Bonchev–Trinajstić information content (AvgIpc) is 3.25. The summed E-state index contributed by atoms with van der Waals surface area (Å²) in [5, 5.41) is 5.24. The summed E-state index contributed by atoms with van der Waals surface area (Å²) in [6.45, 7) is 1.88. The molecule has 1 amide bonds. The molecule has 0 bridgehead atoms. The van der Waals surface area contributed by atoms with Crippen molar-refractivity contribution < 1.29 is 18.3 Å². The van der Waals surface area contributed by atoms with Gasteiger partial charge in [0.2, 0.25) is 0 Å². The van der Waals surface area contributed by atoms with E-state index >= 15 is 0 Å². The maximum Gasteiger partial charge on any atom is 0.275 e. The van der Waals surface area contributed by atoms with Crippen LogP contribution in [-0.4, -0.2) is 10.9 Å². The standard InChI is InChI=1S/C24H18F2N2O2S/c1-15-3-2-4-19(11-15)27-23(29)22-14-31-24(28-22)16-5-8-20(9-6-16)30-13-17-12-18(25)7-10-21(17)26/h2-12,14H,13H2,1H3,(H,27,29). The molecule has 0 unspecified atom stereocenters. The smallest absolute Gasteiger partial charge is 0.275 e. The summed E-state index contributed by atoms with van der Waals surface area (Å²) >= 11 is 1.36. The first-order valence-corrected chi connectivity index (χ1v) is 10.4. The van der Waals surface area contributed by atoms with Crippen LogP contribution >= 0.6 is 11.3 Å². The highest BCUT2D eigenvalue weighted by Gasteiger charge is 2.13. The Kier molecular flexibility index (Phi) is 6.04. The van der Waals surface area contributed by atoms with E-state index in [1.807, 2.05) is 31.2 Å². The van der Waals surface area contributed by atoms with Crippen LogP contribution in [0.25, 0.3) is 10.6 Å². The van der Waals surface area contributed by atoms with Gasteiger partial charge in [0.1, 0.15) is 34.7 Å². The number of carbonyl (C=O) groups is 1. The second-order valence-electron chi connectivity index (χ2n) is 6.91. The fourth-order valence-electron chi connectivity index (χ4n) is 2.94. The van der Waals surface area contributed by atoms with E-state index < -0.39 is 11.6 Å². The van der Waals surface area contributed by atoms with E-state index in [9.17, 15) is 13.6 Å². The van der Waals surface area contributed by atoms with Crippen molar-refractivity contribution in [2.75, 3.05) is 5.32 Å². The first kappa shape index (κ1) is 20.7. The molecule has 0 atom stereocenters. The molecule has 0 radical (unpaired) electrons. The van der Waals surface area contributed by atoms with Crippen LogP contribution in [0.5, 0.6) is 5.75 Å². The third-order valence-corrected chi connectivity index (χ3v) is 5.41. The van der Waals surface area contributed by atoms with Crippen LogP contribution in [0.2, 0.25) is 0 Å². The molecule has 156 valence electrons.